The van der Waals surface area contributed by atoms with Crippen LogP contribution < -0.4 is 5.32 Å². The predicted octanol–water partition coefficient (Wildman–Crippen LogP) is 4.78. The number of nitrogens with one attached hydrogen (secondary N) is 1. The number of nitrogens with zero attached hydrogens (tertiary/aromatic N) is 2. The number of hydrogen-bond acceptors (Lipinski definition) is 2. The monoisotopic (exact) mass is 323 g/mol. The summed E-state index contributed by atoms with van der Waals surface area (Å²) >= 11 is 6.20. The minimum atomic E-state index is 0.727. The maximum absolute atomic E-state index is 6.20. The Morgan fingerprint density at radius 3 is 2.65 bits per heavy atom. The molecule has 1 aromatic heterocycles. The molecule has 4 heteroatoms. The number of fused-ring (bicyclic) bond motifs is 1. The number of aromatic nitrogens is 2. The van der Waals surface area contributed by atoms with E-state index in [0.29, 0.717) is 0 Å². The fourth-order valence-electron chi connectivity index (χ4n) is 3.10. The minimum Gasteiger partial charge on any atom is -0.369 e. The van der Waals surface area contributed by atoms with E-state index in [1.54, 1.807) is 0 Å². The Bertz CT molecular complexity index is 878. The highest BCUT2D eigenvalue weighted by atomic mass is 35.5. The third kappa shape index (κ3) is 2.41. The van der Waals surface area contributed by atoms with Crippen molar-refractivity contribution in [1.29, 1.82) is 0 Å². The van der Waals surface area contributed by atoms with Crippen molar-refractivity contribution in [2.45, 2.75) is 20.3 Å². The van der Waals surface area contributed by atoms with Crippen LogP contribution in [-0.2, 0) is 6.42 Å². The third-order valence-corrected chi connectivity index (χ3v) is 4.61. The van der Waals surface area contributed by atoms with E-state index in [1.165, 1.54) is 11.1 Å². The molecule has 1 aliphatic rings. The van der Waals surface area contributed by atoms with Gasteiger partial charge >= 0.3 is 0 Å². The van der Waals surface area contributed by atoms with Crippen LogP contribution in [-0.4, -0.2) is 16.3 Å². The van der Waals surface area contributed by atoms with Crippen LogP contribution in [0.1, 0.15) is 16.7 Å². The first-order chi connectivity index (χ1) is 11.1. The van der Waals surface area contributed by atoms with Gasteiger partial charge in [-0.25, -0.2) is 4.68 Å². The van der Waals surface area contributed by atoms with Crippen molar-refractivity contribution >= 4 is 17.4 Å². The fourth-order valence-corrected chi connectivity index (χ4v) is 3.27. The van der Waals surface area contributed by atoms with Crippen LogP contribution in [0.25, 0.3) is 16.9 Å². The van der Waals surface area contributed by atoms with Crippen LogP contribution in [0.4, 0.5) is 5.82 Å². The lowest BCUT2D eigenvalue weighted by molar-refractivity contribution is 0.875. The SMILES string of the molecule is Cc1ccc(-c2nn(-c3cc(Cl)ccc3C)c3c2CCN3)cc1. The normalized spacial score (nSPS) is 13.0. The summed E-state index contributed by atoms with van der Waals surface area (Å²) in [6.07, 6.45) is 0.998. The van der Waals surface area contributed by atoms with Gasteiger partial charge in [0.05, 0.1) is 11.4 Å². The lowest BCUT2D eigenvalue weighted by Crippen LogP contribution is -2.05. The smallest absolute Gasteiger partial charge is 0.133 e. The summed E-state index contributed by atoms with van der Waals surface area (Å²) in [6, 6.07) is 14.5. The highest BCUT2D eigenvalue weighted by Crippen LogP contribution is 2.35. The van der Waals surface area contributed by atoms with Crippen LogP contribution in [0.2, 0.25) is 5.02 Å². The third-order valence-electron chi connectivity index (χ3n) is 4.38. The number of rotatable bonds is 2. The molecule has 0 fully saturated rings. The van der Waals surface area contributed by atoms with Crippen LogP contribution in [0, 0.1) is 13.8 Å². The van der Waals surface area contributed by atoms with E-state index >= 15 is 0 Å². The number of benzene rings is 2. The number of hydrogen-bond donors (Lipinski definition) is 1. The molecule has 4 rings (SSSR count). The van der Waals surface area contributed by atoms with Crippen molar-refractivity contribution in [1.82, 2.24) is 9.78 Å². The predicted molar refractivity (Wildman–Crippen MR) is 95.7 cm³/mol. The highest BCUT2D eigenvalue weighted by Gasteiger charge is 2.24. The second kappa shape index (κ2) is 5.43. The maximum atomic E-state index is 6.20. The van der Waals surface area contributed by atoms with E-state index in [2.05, 4.69) is 43.4 Å². The van der Waals surface area contributed by atoms with Gasteiger partial charge in [-0.1, -0.05) is 47.5 Å². The fraction of sp³-hybridized carbons (Fsp3) is 0.211. The van der Waals surface area contributed by atoms with E-state index < -0.39 is 0 Å². The zero-order chi connectivity index (χ0) is 16.0. The first kappa shape index (κ1) is 14.3. The first-order valence-electron chi connectivity index (χ1n) is 7.83. The van der Waals surface area contributed by atoms with Gasteiger partial charge in [-0.05, 0) is 38.0 Å². The summed E-state index contributed by atoms with van der Waals surface area (Å²) in [5, 5.41) is 9.10. The Kier molecular flexibility index (Phi) is 3.38. The van der Waals surface area contributed by atoms with Crippen molar-refractivity contribution in [2.75, 3.05) is 11.9 Å². The molecule has 0 unspecified atom stereocenters. The Hall–Kier alpha value is -2.26. The molecule has 0 saturated carbocycles. The summed E-state index contributed by atoms with van der Waals surface area (Å²) in [7, 11) is 0. The lowest BCUT2D eigenvalue weighted by Gasteiger charge is -2.10. The largest absolute Gasteiger partial charge is 0.369 e. The quantitative estimate of drug-likeness (QED) is 0.735. The Labute approximate surface area is 140 Å². The average Bonchev–Trinajstić information content (AvgIpc) is 3.13. The molecule has 0 amide bonds. The number of aryl methyl sites for hydroxylation is 2. The van der Waals surface area contributed by atoms with Gasteiger partial charge in [-0.15, -0.1) is 0 Å². The molecule has 2 heterocycles. The molecule has 1 N–H and O–H groups in total. The molecule has 2 aromatic carbocycles. The number of anilines is 1. The van der Waals surface area contributed by atoms with E-state index in [4.69, 9.17) is 16.7 Å². The highest BCUT2D eigenvalue weighted by molar-refractivity contribution is 6.30. The molecule has 0 radical (unpaired) electrons. The van der Waals surface area contributed by atoms with E-state index in [9.17, 15) is 0 Å². The average molecular weight is 324 g/mol. The van der Waals surface area contributed by atoms with Gasteiger partial charge in [0, 0.05) is 22.7 Å². The van der Waals surface area contributed by atoms with Crippen molar-refractivity contribution in [3.05, 3.63) is 64.2 Å². The van der Waals surface area contributed by atoms with Crippen molar-refractivity contribution in [3.8, 4) is 16.9 Å². The van der Waals surface area contributed by atoms with Crippen molar-refractivity contribution in [3.63, 3.8) is 0 Å². The maximum Gasteiger partial charge on any atom is 0.133 e. The van der Waals surface area contributed by atoms with Crippen LogP contribution in [0.5, 0.6) is 0 Å². The molecule has 1 aliphatic heterocycles. The number of halogens is 1. The molecule has 3 aromatic rings. The Balaban J connectivity index is 1.91. The van der Waals surface area contributed by atoms with Crippen LogP contribution in [0.3, 0.4) is 0 Å². The van der Waals surface area contributed by atoms with Gasteiger partial charge in [0.2, 0.25) is 0 Å². The molecule has 23 heavy (non-hydrogen) atoms. The second-order valence-electron chi connectivity index (χ2n) is 6.06. The molecular weight excluding hydrogens is 306 g/mol. The van der Waals surface area contributed by atoms with E-state index in [0.717, 1.165) is 46.3 Å². The van der Waals surface area contributed by atoms with E-state index in [1.807, 2.05) is 22.9 Å². The molecule has 0 atom stereocenters. The van der Waals surface area contributed by atoms with Gasteiger partial charge in [0.25, 0.3) is 0 Å². The van der Waals surface area contributed by atoms with Crippen molar-refractivity contribution in [2.24, 2.45) is 0 Å². The van der Waals surface area contributed by atoms with Crippen LogP contribution in [0.15, 0.2) is 42.5 Å². The first-order valence-corrected chi connectivity index (χ1v) is 8.20. The molecule has 116 valence electrons. The van der Waals surface area contributed by atoms with Gasteiger partial charge < -0.3 is 5.32 Å². The van der Waals surface area contributed by atoms with Gasteiger partial charge in [-0.2, -0.15) is 5.10 Å². The van der Waals surface area contributed by atoms with Crippen molar-refractivity contribution < 1.29 is 0 Å². The second-order valence-corrected chi connectivity index (χ2v) is 6.50. The summed E-state index contributed by atoms with van der Waals surface area (Å²) in [5.41, 5.74) is 6.95. The van der Waals surface area contributed by atoms with Gasteiger partial charge in [-0.3, -0.25) is 0 Å². The van der Waals surface area contributed by atoms with Crippen LogP contribution >= 0.6 is 11.6 Å². The molecule has 0 bridgehead atoms. The Morgan fingerprint density at radius 1 is 1.09 bits per heavy atom. The summed E-state index contributed by atoms with van der Waals surface area (Å²) in [5.74, 6) is 1.09. The van der Waals surface area contributed by atoms with Gasteiger partial charge in [0.15, 0.2) is 0 Å². The standard InChI is InChI=1S/C19H18ClN3/c1-12-3-6-14(7-4-12)18-16-9-10-21-19(16)23(22-18)17-11-15(20)8-5-13(17)2/h3-8,11,21H,9-10H2,1-2H3. The molecular formula is C19H18ClN3. The topological polar surface area (TPSA) is 29.9 Å². The zero-order valence-electron chi connectivity index (χ0n) is 13.2. The molecule has 3 nitrogen and oxygen atoms in total. The Morgan fingerprint density at radius 2 is 1.87 bits per heavy atom. The summed E-state index contributed by atoms with van der Waals surface area (Å²) in [6.45, 7) is 5.13. The zero-order valence-corrected chi connectivity index (χ0v) is 14.0. The summed E-state index contributed by atoms with van der Waals surface area (Å²) in [4.78, 5) is 0. The van der Waals surface area contributed by atoms with E-state index in [-0.39, 0.29) is 0 Å². The summed E-state index contributed by atoms with van der Waals surface area (Å²) < 4.78 is 2.00. The minimum absolute atomic E-state index is 0.727. The molecule has 0 spiro atoms. The molecule has 0 saturated heterocycles. The lowest BCUT2D eigenvalue weighted by atomic mass is 10.1. The molecule has 0 aliphatic carbocycles. The van der Waals surface area contributed by atoms with Gasteiger partial charge in [0.1, 0.15) is 5.82 Å².